The first-order valence-corrected chi connectivity index (χ1v) is 8.86. The number of carbonyl (C=O) groups is 3. The van der Waals surface area contributed by atoms with Crippen LogP contribution in [-0.4, -0.2) is 32.3 Å². The number of nitrogens with one attached hydrogen (secondary N) is 1. The molecule has 0 radical (unpaired) electrons. The number of aromatic nitrogens is 2. The Kier molecular flexibility index (Phi) is 3.88. The number of carbonyl (C=O) groups excluding carboxylic acids is 2. The average molecular weight is 381 g/mol. The van der Waals surface area contributed by atoms with Crippen LogP contribution in [0.2, 0.25) is 0 Å². The number of carboxylic acid groups (broad SMARTS) is 1. The van der Waals surface area contributed by atoms with Gasteiger partial charge in [-0.1, -0.05) is 19.9 Å². The topological polar surface area (TPSA) is 114 Å². The molecule has 8 heteroatoms. The van der Waals surface area contributed by atoms with Crippen molar-refractivity contribution in [3.05, 3.63) is 46.9 Å². The molecule has 8 nitrogen and oxygen atoms in total. The molecule has 0 bridgehead atoms. The lowest BCUT2D eigenvalue weighted by Crippen LogP contribution is -2.29. The van der Waals surface area contributed by atoms with Crippen molar-refractivity contribution in [3.8, 4) is 0 Å². The summed E-state index contributed by atoms with van der Waals surface area (Å²) >= 11 is 0. The Labute approximate surface area is 160 Å². The van der Waals surface area contributed by atoms with Gasteiger partial charge in [0.05, 0.1) is 22.2 Å². The zero-order valence-corrected chi connectivity index (χ0v) is 15.7. The van der Waals surface area contributed by atoms with Crippen LogP contribution >= 0.6 is 0 Å². The van der Waals surface area contributed by atoms with E-state index in [9.17, 15) is 19.5 Å². The van der Waals surface area contributed by atoms with Crippen molar-refractivity contribution in [1.82, 2.24) is 9.55 Å². The van der Waals surface area contributed by atoms with E-state index >= 15 is 0 Å². The van der Waals surface area contributed by atoms with Crippen molar-refractivity contribution in [2.45, 2.75) is 26.7 Å². The van der Waals surface area contributed by atoms with Crippen molar-refractivity contribution >= 4 is 34.6 Å². The molecule has 0 aliphatic heterocycles. The third-order valence-electron chi connectivity index (χ3n) is 5.22. The first kappa shape index (κ1) is 18.0. The van der Waals surface area contributed by atoms with Crippen molar-refractivity contribution in [3.63, 3.8) is 0 Å². The predicted molar refractivity (Wildman–Crippen MR) is 101 cm³/mol. The molecule has 2 aromatic heterocycles. The Morgan fingerprint density at radius 1 is 1.32 bits per heavy atom. The molecule has 1 aliphatic carbocycles. The number of aryl methyl sites for hydroxylation is 2. The molecule has 1 aromatic carbocycles. The Morgan fingerprint density at radius 3 is 2.79 bits per heavy atom. The zero-order valence-electron chi connectivity index (χ0n) is 15.7. The summed E-state index contributed by atoms with van der Waals surface area (Å²) in [6.07, 6.45) is 1.26. The summed E-state index contributed by atoms with van der Waals surface area (Å²) in [4.78, 5) is 40.9. The number of benzene rings is 1. The third kappa shape index (κ3) is 2.69. The third-order valence-corrected chi connectivity index (χ3v) is 5.22. The number of nitrogens with zero attached hydrogens (tertiary/aromatic N) is 2. The minimum atomic E-state index is -1.08. The van der Waals surface area contributed by atoms with Gasteiger partial charge < -0.3 is 14.1 Å². The second kappa shape index (κ2) is 6.05. The standard InChI is InChI=1S/C20H19N3O5/c1-20(2)8-7-13-11(16(20)24)9-14(28-13)17(25)22-19-21-12-6-4-5-10(18(26)27)15(12)23(19)3/h4-6,9H,7-8H2,1-3H3,(H,26,27)(H,21,22,25). The van der Waals surface area contributed by atoms with Gasteiger partial charge in [-0.25, -0.2) is 9.78 Å². The molecule has 144 valence electrons. The Morgan fingerprint density at radius 2 is 2.07 bits per heavy atom. The van der Waals surface area contributed by atoms with Crippen LogP contribution in [0.15, 0.2) is 28.7 Å². The minimum absolute atomic E-state index is 0.0292. The number of furan rings is 1. The van der Waals surface area contributed by atoms with Gasteiger partial charge in [0.2, 0.25) is 5.95 Å². The number of imidazole rings is 1. The van der Waals surface area contributed by atoms with Crippen LogP contribution in [0.5, 0.6) is 0 Å². The van der Waals surface area contributed by atoms with Crippen LogP contribution in [-0.2, 0) is 13.5 Å². The molecule has 0 spiro atoms. The van der Waals surface area contributed by atoms with E-state index in [1.54, 1.807) is 19.2 Å². The van der Waals surface area contributed by atoms with Gasteiger partial charge in [0.25, 0.3) is 5.91 Å². The molecule has 2 N–H and O–H groups in total. The molecule has 4 rings (SSSR count). The van der Waals surface area contributed by atoms with Crippen molar-refractivity contribution in [1.29, 1.82) is 0 Å². The van der Waals surface area contributed by atoms with Crippen molar-refractivity contribution < 1.29 is 23.9 Å². The van der Waals surface area contributed by atoms with Crippen LogP contribution in [0.4, 0.5) is 5.95 Å². The van der Waals surface area contributed by atoms with E-state index in [2.05, 4.69) is 10.3 Å². The zero-order chi connectivity index (χ0) is 20.2. The summed E-state index contributed by atoms with van der Waals surface area (Å²) in [5.74, 6) is -0.920. The maximum atomic E-state index is 12.7. The second-order valence-corrected chi connectivity index (χ2v) is 7.59. The number of hydrogen-bond donors (Lipinski definition) is 2. The molecule has 0 atom stereocenters. The highest BCUT2D eigenvalue weighted by molar-refractivity contribution is 6.07. The van der Waals surface area contributed by atoms with E-state index < -0.39 is 17.3 Å². The van der Waals surface area contributed by atoms with Gasteiger partial charge in [-0.15, -0.1) is 0 Å². The Balaban J connectivity index is 1.67. The van der Waals surface area contributed by atoms with Crippen LogP contribution < -0.4 is 5.32 Å². The fraction of sp³-hybridized carbons (Fsp3) is 0.300. The van der Waals surface area contributed by atoms with Gasteiger partial charge in [-0.05, 0) is 18.6 Å². The van der Waals surface area contributed by atoms with E-state index in [1.165, 1.54) is 16.7 Å². The quantitative estimate of drug-likeness (QED) is 0.720. The molecule has 0 saturated heterocycles. The number of ketones is 1. The normalized spacial score (nSPS) is 15.5. The lowest BCUT2D eigenvalue weighted by Gasteiger charge is -2.26. The highest BCUT2D eigenvalue weighted by Crippen LogP contribution is 2.36. The van der Waals surface area contributed by atoms with Gasteiger partial charge in [0.1, 0.15) is 5.76 Å². The van der Waals surface area contributed by atoms with Gasteiger partial charge in [-0.3, -0.25) is 14.9 Å². The van der Waals surface area contributed by atoms with E-state index in [-0.39, 0.29) is 23.1 Å². The highest BCUT2D eigenvalue weighted by Gasteiger charge is 2.37. The highest BCUT2D eigenvalue weighted by atomic mass is 16.4. The van der Waals surface area contributed by atoms with Gasteiger partial charge >= 0.3 is 5.97 Å². The molecular weight excluding hydrogens is 362 g/mol. The largest absolute Gasteiger partial charge is 0.478 e. The average Bonchev–Trinajstić information content (AvgIpc) is 3.21. The molecule has 28 heavy (non-hydrogen) atoms. The fourth-order valence-electron chi connectivity index (χ4n) is 3.54. The number of Topliss-reactive ketones (excluding diaryl/α,β-unsaturated/α-hetero) is 1. The number of para-hydroxylation sites is 1. The lowest BCUT2D eigenvalue weighted by atomic mass is 9.75. The minimum Gasteiger partial charge on any atom is -0.478 e. The van der Waals surface area contributed by atoms with Crippen molar-refractivity contribution in [2.24, 2.45) is 12.5 Å². The summed E-state index contributed by atoms with van der Waals surface area (Å²) in [5, 5.41) is 12.0. The molecule has 0 saturated carbocycles. The number of fused-ring (bicyclic) bond motifs is 2. The maximum Gasteiger partial charge on any atom is 0.337 e. The van der Waals surface area contributed by atoms with E-state index in [0.717, 1.165) is 0 Å². The van der Waals surface area contributed by atoms with Crippen LogP contribution in [0.3, 0.4) is 0 Å². The van der Waals surface area contributed by atoms with Gasteiger partial charge in [0.15, 0.2) is 11.5 Å². The molecule has 1 amide bonds. The van der Waals surface area contributed by atoms with E-state index in [4.69, 9.17) is 4.42 Å². The summed E-state index contributed by atoms with van der Waals surface area (Å²) in [6.45, 7) is 3.76. The molecule has 0 fully saturated rings. The van der Waals surface area contributed by atoms with E-state index in [0.29, 0.717) is 35.2 Å². The summed E-state index contributed by atoms with van der Waals surface area (Å²) in [5.41, 5.74) is 0.915. The lowest BCUT2D eigenvalue weighted by molar-refractivity contribution is 0.0698. The number of amides is 1. The number of aromatic carboxylic acids is 1. The van der Waals surface area contributed by atoms with Crippen LogP contribution in [0.25, 0.3) is 11.0 Å². The predicted octanol–water partition coefficient (Wildman–Crippen LogP) is 3.27. The van der Waals surface area contributed by atoms with Gasteiger partial charge in [0, 0.05) is 24.9 Å². The number of hydrogen-bond acceptors (Lipinski definition) is 5. The van der Waals surface area contributed by atoms with Crippen molar-refractivity contribution in [2.75, 3.05) is 5.32 Å². The Hall–Kier alpha value is -3.42. The number of rotatable bonds is 3. The summed E-state index contributed by atoms with van der Waals surface area (Å²) < 4.78 is 7.12. The smallest absolute Gasteiger partial charge is 0.337 e. The summed E-state index contributed by atoms with van der Waals surface area (Å²) in [7, 11) is 1.62. The van der Waals surface area contributed by atoms with E-state index in [1.807, 2.05) is 13.8 Å². The Bertz CT molecular complexity index is 1150. The maximum absolute atomic E-state index is 12.7. The summed E-state index contributed by atoms with van der Waals surface area (Å²) in [6, 6.07) is 6.22. The molecule has 0 unspecified atom stereocenters. The fourth-order valence-corrected chi connectivity index (χ4v) is 3.54. The van der Waals surface area contributed by atoms with Crippen LogP contribution in [0.1, 0.15) is 57.3 Å². The second-order valence-electron chi connectivity index (χ2n) is 7.59. The SMILES string of the molecule is Cn1c(NC(=O)c2cc3c(o2)CCC(C)(C)C3=O)nc2cccc(C(=O)O)c21. The first-order valence-electron chi connectivity index (χ1n) is 8.86. The molecule has 3 aromatic rings. The molecular formula is C20H19N3O5. The monoisotopic (exact) mass is 381 g/mol. The number of carboxylic acids is 1. The van der Waals surface area contributed by atoms with Gasteiger partial charge in [-0.2, -0.15) is 0 Å². The first-order chi connectivity index (χ1) is 13.2. The molecule has 2 heterocycles. The molecule has 1 aliphatic rings. The van der Waals surface area contributed by atoms with Crippen LogP contribution in [0, 0.1) is 5.41 Å². The number of anilines is 1.